The highest BCUT2D eigenvalue weighted by atomic mass is 35.5. The highest BCUT2D eigenvalue weighted by Gasteiger charge is 2.15. The molecular weight excluding hydrogens is 240 g/mol. The summed E-state index contributed by atoms with van der Waals surface area (Å²) in [6.45, 7) is 3.45. The summed E-state index contributed by atoms with van der Waals surface area (Å²) in [7, 11) is 0. The number of halogens is 1. The molecule has 1 aliphatic rings. The molecule has 0 atom stereocenters. The van der Waals surface area contributed by atoms with E-state index in [1.807, 2.05) is 11.1 Å². The number of nitrogens with one attached hydrogen (secondary N) is 2. The van der Waals surface area contributed by atoms with E-state index in [9.17, 15) is 4.79 Å². The van der Waals surface area contributed by atoms with E-state index in [-0.39, 0.29) is 5.69 Å². The third kappa shape index (κ3) is 1.81. The molecule has 3 rings (SSSR count). The number of benzene rings is 1. The summed E-state index contributed by atoms with van der Waals surface area (Å²) in [6, 6.07) is 5.45. The van der Waals surface area contributed by atoms with Gasteiger partial charge >= 0.3 is 5.69 Å². The lowest BCUT2D eigenvalue weighted by atomic mass is 10.3. The van der Waals surface area contributed by atoms with Crippen molar-refractivity contribution in [1.29, 1.82) is 0 Å². The Bertz CT molecular complexity index is 597. The summed E-state index contributed by atoms with van der Waals surface area (Å²) >= 11 is 5.91. The Morgan fingerprint density at radius 3 is 2.76 bits per heavy atom. The number of nitrogens with zero attached hydrogens (tertiary/aromatic N) is 2. The number of piperazine rings is 1. The summed E-state index contributed by atoms with van der Waals surface area (Å²) in [4.78, 5) is 14.8. The second-order valence-electron chi connectivity index (χ2n) is 4.11. The van der Waals surface area contributed by atoms with Crippen LogP contribution in [0.4, 0.5) is 0 Å². The van der Waals surface area contributed by atoms with Gasteiger partial charge in [0.05, 0.1) is 11.0 Å². The van der Waals surface area contributed by atoms with Crippen LogP contribution in [-0.2, 0) is 0 Å². The second-order valence-corrected chi connectivity index (χ2v) is 4.54. The summed E-state index contributed by atoms with van der Waals surface area (Å²) in [6.07, 6.45) is 0. The zero-order valence-electron chi connectivity index (χ0n) is 9.24. The monoisotopic (exact) mass is 252 g/mol. The average molecular weight is 253 g/mol. The van der Waals surface area contributed by atoms with E-state index in [0.29, 0.717) is 5.02 Å². The van der Waals surface area contributed by atoms with Crippen molar-refractivity contribution in [3.05, 3.63) is 33.7 Å². The molecule has 0 amide bonds. The number of H-pyrrole nitrogens is 1. The zero-order chi connectivity index (χ0) is 11.8. The Balaban J connectivity index is 2.14. The highest BCUT2D eigenvalue weighted by Crippen LogP contribution is 2.16. The smallest absolute Gasteiger partial charge is 0.313 e. The van der Waals surface area contributed by atoms with Gasteiger partial charge in [-0.05, 0) is 18.2 Å². The summed E-state index contributed by atoms with van der Waals surface area (Å²) < 4.78 is 1.70. The molecule has 0 unspecified atom stereocenters. The highest BCUT2D eigenvalue weighted by molar-refractivity contribution is 6.31. The number of fused-ring (bicyclic) bond motifs is 1. The Labute approximate surface area is 103 Å². The molecule has 1 saturated heterocycles. The van der Waals surface area contributed by atoms with Crippen LogP contribution < -0.4 is 16.0 Å². The van der Waals surface area contributed by atoms with Crippen LogP contribution in [0, 0.1) is 0 Å². The third-order valence-corrected chi connectivity index (χ3v) is 3.23. The number of rotatable bonds is 1. The molecule has 90 valence electrons. The molecule has 1 aromatic heterocycles. The van der Waals surface area contributed by atoms with Gasteiger partial charge in [-0.15, -0.1) is 0 Å². The predicted molar refractivity (Wildman–Crippen MR) is 68.4 cm³/mol. The fourth-order valence-corrected chi connectivity index (χ4v) is 2.38. The van der Waals surface area contributed by atoms with Crippen LogP contribution in [0.3, 0.4) is 0 Å². The van der Waals surface area contributed by atoms with Crippen LogP contribution in [0.5, 0.6) is 0 Å². The van der Waals surface area contributed by atoms with E-state index >= 15 is 0 Å². The predicted octanol–water partition coefficient (Wildman–Crippen LogP) is 0.524. The van der Waals surface area contributed by atoms with Gasteiger partial charge in [-0.25, -0.2) is 9.47 Å². The fourth-order valence-electron chi connectivity index (χ4n) is 2.20. The van der Waals surface area contributed by atoms with Crippen molar-refractivity contribution >= 4 is 22.6 Å². The molecule has 0 saturated carbocycles. The van der Waals surface area contributed by atoms with Gasteiger partial charge < -0.3 is 15.3 Å². The van der Waals surface area contributed by atoms with Crippen molar-refractivity contribution in [2.45, 2.75) is 0 Å². The molecule has 2 N–H and O–H groups in total. The first-order valence-electron chi connectivity index (χ1n) is 5.62. The number of hydrogen-bond donors (Lipinski definition) is 2. The average Bonchev–Trinajstić information content (AvgIpc) is 2.65. The maximum atomic E-state index is 12.0. The normalized spacial score (nSPS) is 16.6. The molecule has 0 aliphatic carbocycles. The molecule has 6 heteroatoms. The van der Waals surface area contributed by atoms with E-state index < -0.39 is 0 Å². The lowest BCUT2D eigenvalue weighted by Gasteiger charge is -2.29. The van der Waals surface area contributed by atoms with E-state index in [2.05, 4.69) is 10.3 Å². The van der Waals surface area contributed by atoms with Crippen LogP contribution in [0.15, 0.2) is 23.0 Å². The first-order chi connectivity index (χ1) is 8.25. The van der Waals surface area contributed by atoms with Crippen LogP contribution in [-0.4, -0.2) is 35.8 Å². The summed E-state index contributed by atoms with van der Waals surface area (Å²) in [5.41, 5.74) is 1.55. The molecule has 2 aromatic rings. The van der Waals surface area contributed by atoms with Gasteiger partial charge in [0.25, 0.3) is 0 Å². The molecule has 1 aromatic carbocycles. The first-order valence-corrected chi connectivity index (χ1v) is 6.00. The number of hydrogen-bond acceptors (Lipinski definition) is 3. The largest absolute Gasteiger partial charge is 0.345 e. The van der Waals surface area contributed by atoms with Crippen LogP contribution in [0.2, 0.25) is 5.02 Å². The quantitative estimate of drug-likeness (QED) is 0.778. The van der Waals surface area contributed by atoms with E-state index in [1.165, 1.54) is 0 Å². The Morgan fingerprint density at radius 1 is 1.24 bits per heavy atom. The SMILES string of the molecule is O=c1[nH]c2cc(Cl)ccc2n1N1CCNCC1. The number of aromatic nitrogens is 2. The number of imidazole rings is 1. The maximum absolute atomic E-state index is 12.0. The van der Waals surface area contributed by atoms with Crippen molar-refractivity contribution in [2.24, 2.45) is 0 Å². The van der Waals surface area contributed by atoms with Gasteiger partial charge in [-0.3, -0.25) is 0 Å². The van der Waals surface area contributed by atoms with E-state index in [4.69, 9.17) is 11.6 Å². The lowest BCUT2D eigenvalue weighted by Crippen LogP contribution is -2.52. The molecule has 17 heavy (non-hydrogen) atoms. The van der Waals surface area contributed by atoms with Crippen molar-refractivity contribution in [3.8, 4) is 0 Å². The van der Waals surface area contributed by atoms with Gasteiger partial charge in [-0.1, -0.05) is 11.6 Å². The molecule has 0 spiro atoms. The Kier molecular flexibility index (Phi) is 2.57. The van der Waals surface area contributed by atoms with Crippen molar-refractivity contribution in [2.75, 3.05) is 31.2 Å². The summed E-state index contributed by atoms with van der Waals surface area (Å²) in [5.74, 6) is 0. The first kappa shape index (κ1) is 10.7. The van der Waals surface area contributed by atoms with Gasteiger partial charge in [0.1, 0.15) is 0 Å². The summed E-state index contributed by atoms with van der Waals surface area (Å²) in [5, 5.41) is 5.94. The van der Waals surface area contributed by atoms with Gasteiger partial charge in [-0.2, -0.15) is 0 Å². The van der Waals surface area contributed by atoms with Gasteiger partial charge in [0.15, 0.2) is 0 Å². The topological polar surface area (TPSA) is 53.1 Å². The molecule has 1 aliphatic heterocycles. The van der Waals surface area contributed by atoms with Crippen molar-refractivity contribution in [1.82, 2.24) is 15.0 Å². The molecule has 1 fully saturated rings. The molecular formula is C11H13ClN4O. The van der Waals surface area contributed by atoms with Crippen molar-refractivity contribution < 1.29 is 0 Å². The maximum Gasteiger partial charge on any atom is 0.345 e. The molecule has 0 bridgehead atoms. The Morgan fingerprint density at radius 2 is 2.00 bits per heavy atom. The van der Waals surface area contributed by atoms with Crippen LogP contribution in [0.25, 0.3) is 11.0 Å². The minimum Gasteiger partial charge on any atom is -0.313 e. The van der Waals surface area contributed by atoms with Gasteiger partial charge in [0.2, 0.25) is 0 Å². The van der Waals surface area contributed by atoms with Crippen molar-refractivity contribution in [3.63, 3.8) is 0 Å². The molecule has 2 heterocycles. The molecule has 5 nitrogen and oxygen atoms in total. The molecule has 0 radical (unpaired) electrons. The standard InChI is InChI=1S/C11H13ClN4O/c12-8-1-2-10-9(7-8)14-11(17)16(10)15-5-3-13-4-6-15/h1-2,7,13H,3-6H2,(H,14,17). The van der Waals surface area contributed by atoms with E-state index in [1.54, 1.807) is 16.8 Å². The number of aromatic amines is 1. The van der Waals surface area contributed by atoms with Crippen LogP contribution >= 0.6 is 11.6 Å². The minimum atomic E-state index is -0.107. The zero-order valence-corrected chi connectivity index (χ0v) is 10.00. The minimum absolute atomic E-state index is 0.107. The Hall–Kier alpha value is -1.46. The van der Waals surface area contributed by atoms with Gasteiger partial charge in [0, 0.05) is 31.2 Å². The van der Waals surface area contributed by atoms with Crippen LogP contribution in [0.1, 0.15) is 0 Å². The third-order valence-electron chi connectivity index (χ3n) is 3.00. The lowest BCUT2D eigenvalue weighted by molar-refractivity contribution is 0.491. The fraction of sp³-hybridized carbons (Fsp3) is 0.364. The second kappa shape index (κ2) is 4.09. The van der Waals surface area contributed by atoms with E-state index in [0.717, 1.165) is 37.2 Å².